The number of carbonyl (C=O) groups excluding carboxylic acids is 2. The third kappa shape index (κ3) is 5.87. The lowest BCUT2D eigenvalue weighted by atomic mass is 9.98. The van der Waals surface area contributed by atoms with Crippen LogP contribution in [0.4, 0.5) is 4.79 Å². The second-order valence-corrected chi connectivity index (χ2v) is 8.52. The van der Waals surface area contributed by atoms with Gasteiger partial charge in [0.2, 0.25) is 5.91 Å². The van der Waals surface area contributed by atoms with Crippen LogP contribution < -0.4 is 10.6 Å². The number of ether oxygens (including phenoxy) is 1. The Labute approximate surface area is 202 Å². The summed E-state index contributed by atoms with van der Waals surface area (Å²) in [6, 6.07) is 17.4. The summed E-state index contributed by atoms with van der Waals surface area (Å²) in [4.78, 5) is 35.2. The number of hydrogen-bond acceptors (Lipinski definition) is 6. The molecule has 0 radical (unpaired) electrons. The molecule has 0 fully saturated rings. The Hall–Kier alpha value is -4.14. The topological polar surface area (TPSA) is 131 Å². The molecule has 3 aromatic rings. The van der Waals surface area contributed by atoms with Gasteiger partial charge in [0.1, 0.15) is 6.61 Å². The first-order valence-electron chi connectivity index (χ1n) is 11.5. The molecule has 1 unspecified atom stereocenters. The minimum absolute atomic E-state index is 0.00286. The monoisotopic (exact) mass is 477 g/mol. The van der Waals surface area contributed by atoms with Crippen molar-refractivity contribution in [1.29, 1.82) is 0 Å². The highest BCUT2D eigenvalue weighted by molar-refractivity contribution is 5.85. The minimum Gasteiger partial charge on any atom is -0.476 e. The number of alkyl carbamates (subject to hydrolysis) is 1. The summed E-state index contributed by atoms with van der Waals surface area (Å²) >= 11 is 0. The number of rotatable bonds is 10. The van der Waals surface area contributed by atoms with E-state index in [0.29, 0.717) is 12.8 Å². The number of nitrogens with zero attached hydrogens (tertiary/aromatic N) is 1. The largest absolute Gasteiger partial charge is 0.476 e. The molecule has 9 nitrogen and oxygen atoms in total. The van der Waals surface area contributed by atoms with Gasteiger partial charge in [0.05, 0.1) is 6.54 Å². The quantitative estimate of drug-likeness (QED) is 0.401. The first kappa shape index (κ1) is 24.0. The Morgan fingerprint density at radius 1 is 1.09 bits per heavy atom. The van der Waals surface area contributed by atoms with Crippen LogP contribution in [0.25, 0.3) is 11.1 Å². The van der Waals surface area contributed by atoms with Crippen LogP contribution in [0.3, 0.4) is 0 Å². The summed E-state index contributed by atoms with van der Waals surface area (Å²) in [6.45, 7) is 2.17. The van der Waals surface area contributed by atoms with Gasteiger partial charge in [-0.1, -0.05) is 53.7 Å². The summed E-state index contributed by atoms with van der Waals surface area (Å²) in [7, 11) is 0. The molecule has 1 aromatic heterocycles. The molecular weight excluding hydrogens is 450 g/mol. The highest BCUT2D eigenvalue weighted by atomic mass is 16.5. The van der Waals surface area contributed by atoms with Crippen LogP contribution in [-0.2, 0) is 16.1 Å². The Morgan fingerprint density at radius 3 is 2.37 bits per heavy atom. The molecule has 0 aliphatic heterocycles. The van der Waals surface area contributed by atoms with E-state index in [9.17, 15) is 14.4 Å². The fourth-order valence-corrected chi connectivity index (χ4v) is 4.25. The Morgan fingerprint density at radius 2 is 1.74 bits per heavy atom. The van der Waals surface area contributed by atoms with E-state index in [1.807, 2.05) is 31.2 Å². The van der Waals surface area contributed by atoms with Crippen LogP contribution in [0.15, 0.2) is 59.1 Å². The second kappa shape index (κ2) is 10.9. The van der Waals surface area contributed by atoms with Gasteiger partial charge in [0, 0.05) is 24.4 Å². The van der Waals surface area contributed by atoms with Gasteiger partial charge in [-0.25, -0.2) is 9.59 Å². The Bertz CT molecular complexity index is 1180. The maximum Gasteiger partial charge on any atom is 0.407 e. The summed E-state index contributed by atoms with van der Waals surface area (Å²) in [6.07, 6.45) is 0.941. The highest BCUT2D eigenvalue weighted by Gasteiger charge is 2.29. The van der Waals surface area contributed by atoms with Gasteiger partial charge in [-0.15, -0.1) is 0 Å². The lowest BCUT2D eigenvalue weighted by Crippen LogP contribution is -2.34. The van der Waals surface area contributed by atoms with E-state index in [0.717, 1.165) is 11.1 Å². The van der Waals surface area contributed by atoms with Crippen molar-refractivity contribution in [3.8, 4) is 11.1 Å². The minimum atomic E-state index is -1.19. The number of nitrogens with one attached hydrogen (secondary N) is 2. The van der Waals surface area contributed by atoms with E-state index in [4.69, 9.17) is 14.4 Å². The number of benzene rings is 2. The average Bonchev–Trinajstić information content (AvgIpc) is 3.45. The van der Waals surface area contributed by atoms with Crippen molar-refractivity contribution in [2.24, 2.45) is 0 Å². The molecule has 2 amide bonds. The number of aromatic nitrogens is 1. The van der Waals surface area contributed by atoms with Crippen LogP contribution in [0, 0.1) is 0 Å². The zero-order chi connectivity index (χ0) is 24.8. The maximum absolute atomic E-state index is 12.4. The standard InChI is InChI=1S/C26H27N3O6/c1-16(7-6-12-24(30)27-14-17-13-23(25(31)32)29-35-17)28-26(33)34-15-22-20-10-4-2-8-18(20)19-9-3-5-11-21(19)22/h2-5,8-11,13,16,22H,6-7,12,14-15H2,1H3,(H,27,30)(H,28,33)(H,31,32). The predicted molar refractivity (Wildman–Crippen MR) is 127 cm³/mol. The molecule has 0 saturated carbocycles. The van der Waals surface area contributed by atoms with E-state index < -0.39 is 12.1 Å². The van der Waals surface area contributed by atoms with Gasteiger partial charge in [0.15, 0.2) is 11.5 Å². The van der Waals surface area contributed by atoms with Gasteiger partial charge in [-0.05, 0) is 42.0 Å². The van der Waals surface area contributed by atoms with Gasteiger partial charge in [-0.2, -0.15) is 0 Å². The van der Waals surface area contributed by atoms with Crippen LogP contribution >= 0.6 is 0 Å². The number of aromatic carboxylic acids is 1. The third-order valence-corrected chi connectivity index (χ3v) is 5.99. The van der Waals surface area contributed by atoms with Crippen molar-refractivity contribution in [3.63, 3.8) is 0 Å². The van der Waals surface area contributed by atoms with Crippen molar-refractivity contribution in [3.05, 3.63) is 77.2 Å². The Balaban J connectivity index is 1.17. The summed E-state index contributed by atoms with van der Waals surface area (Å²) in [5.41, 5.74) is 4.46. The lowest BCUT2D eigenvalue weighted by Gasteiger charge is -2.17. The number of amides is 2. The van der Waals surface area contributed by atoms with Gasteiger partial charge in [-0.3, -0.25) is 4.79 Å². The predicted octanol–water partition coefficient (Wildman–Crippen LogP) is 4.09. The van der Waals surface area contributed by atoms with Crippen molar-refractivity contribution in [2.45, 2.75) is 44.7 Å². The van der Waals surface area contributed by atoms with E-state index >= 15 is 0 Å². The molecule has 2 aromatic carbocycles. The van der Waals surface area contributed by atoms with Gasteiger partial charge >= 0.3 is 12.1 Å². The number of carbonyl (C=O) groups is 3. The summed E-state index contributed by atoms with van der Waals surface area (Å²) in [5.74, 6) is -1.13. The fourth-order valence-electron chi connectivity index (χ4n) is 4.25. The SMILES string of the molecule is CC(CCCC(=O)NCc1cc(C(=O)O)no1)NC(=O)OCC1c2ccccc2-c2ccccc21. The van der Waals surface area contributed by atoms with E-state index in [2.05, 4.69) is 40.1 Å². The molecule has 35 heavy (non-hydrogen) atoms. The molecule has 9 heteroatoms. The summed E-state index contributed by atoms with van der Waals surface area (Å²) < 4.78 is 10.4. The zero-order valence-corrected chi connectivity index (χ0v) is 19.3. The van der Waals surface area contributed by atoms with E-state index in [-0.39, 0.29) is 48.9 Å². The number of fused-ring (bicyclic) bond motifs is 3. The van der Waals surface area contributed by atoms with Crippen LogP contribution in [-0.4, -0.2) is 40.9 Å². The first-order chi connectivity index (χ1) is 16.9. The maximum atomic E-state index is 12.4. The molecule has 0 spiro atoms. The van der Waals surface area contributed by atoms with Crippen molar-refractivity contribution in [1.82, 2.24) is 15.8 Å². The van der Waals surface area contributed by atoms with Crippen molar-refractivity contribution >= 4 is 18.0 Å². The lowest BCUT2D eigenvalue weighted by molar-refractivity contribution is -0.121. The molecule has 0 bridgehead atoms. The zero-order valence-electron chi connectivity index (χ0n) is 19.3. The van der Waals surface area contributed by atoms with Crippen LogP contribution in [0.5, 0.6) is 0 Å². The smallest absolute Gasteiger partial charge is 0.407 e. The molecule has 1 atom stereocenters. The Kier molecular flexibility index (Phi) is 7.45. The number of carboxylic acids is 1. The molecule has 4 rings (SSSR count). The third-order valence-electron chi connectivity index (χ3n) is 5.99. The first-order valence-corrected chi connectivity index (χ1v) is 11.5. The van der Waals surface area contributed by atoms with E-state index in [1.54, 1.807) is 0 Å². The van der Waals surface area contributed by atoms with Gasteiger partial charge in [0.25, 0.3) is 0 Å². The molecule has 1 aliphatic rings. The van der Waals surface area contributed by atoms with Gasteiger partial charge < -0.3 is 25.0 Å². The summed E-state index contributed by atoms with van der Waals surface area (Å²) in [5, 5.41) is 17.7. The normalized spacial score (nSPS) is 12.9. The van der Waals surface area contributed by atoms with Crippen LogP contribution in [0.1, 0.15) is 59.5 Å². The number of carboxylic acid groups (broad SMARTS) is 1. The second-order valence-electron chi connectivity index (χ2n) is 8.52. The van der Waals surface area contributed by atoms with Crippen molar-refractivity contribution < 1.29 is 28.8 Å². The van der Waals surface area contributed by atoms with E-state index in [1.165, 1.54) is 17.2 Å². The molecule has 182 valence electrons. The highest BCUT2D eigenvalue weighted by Crippen LogP contribution is 2.44. The molecule has 1 heterocycles. The fraction of sp³-hybridized carbons (Fsp3) is 0.308. The molecular formula is C26H27N3O6. The van der Waals surface area contributed by atoms with Crippen LogP contribution in [0.2, 0.25) is 0 Å². The molecule has 1 aliphatic carbocycles. The number of hydrogen-bond donors (Lipinski definition) is 3. The molecule has 0 saturated heterocycles. The van der Waals surface area contributed by atoms with Crippen molar-refractivity contribution in [2.75, 3.05) is 6.61 Å². The molecule has 3 N–H and O–H groups in total. The average molecular weight is 478 g/mol.